The fourth-order valence-corrected chi connectivity index (χ4v) is 4.72. The van der Waals surface area contributed by atoms with Gasteiger partial charge in [0.2, 0.25) is 11.8 Å². The molecule has 0 radical (unpaired) electrons. The monoisotopic (exact) mass is 310 g/mol. The van der Waals surface area contributed by atoms with Gasteiger partial charge in [-0.1, -0.05) is 13.3 Å². The van der Waals surface area contributed by atoms with Gasteiger partial charge in [0, 0.05) is 11.3 Å². The molecule has 0 aromatic carbocycles. The zero-order chi connectivity index (χ0) is 15.0. The van der Waals surface area contributed by atoms with Gasteiger partial charge >= 0.3 is 0 Å². The second kappa shape index (κ2) is 6.19. The maximum absolute atomic E-state index is 12.9. The summed E-state index contributed by atoms with van der Waals surface area (Å²) in [7, 11) is 0. The molecule has 4 nitrogen and oxygen atoms in total. The molecule has 2 aliphatic carbocycles. The van der Waals surface area contributed by atoms with Crippen LogP contribution in [0.1, 0.15) is 51.9 Å². The SMILES string of the molecule is CCC1C(=O)NC(C2CC2)C(=O)N1C1CCCC(SC)C1. The molecule has 118 valence electrons. The summed E-state index contributed by atoms with van der Waals surface area (Å²) in [4.78, 5) is 27.3. The van der Waals surface area contributed by atoms with Gasteiger partial charge in [0.05, 0.1) is 0 Å². The van der Waals surface area contributed by atoms with Gasteiger partial charge in [-0.2, -0.15) is 11.8 Å². The summed E-state index contributed by atoms with van der Waals surface area (Å²) in [5.74, 6) is 0.651. The molecule has 1 N–H and O–H groups in total. The number of hydrogen-bond acceptors (Lipinski definition) is 3. The number of amides is 2. The van der Waals surface area contributed by atoms with Crippen LogP contribution in [0, 0.1) is 5.92 Å². The minimum atomic E-state index is -0.252. The van der Waals surface area contributed by atoms with E-state index in [1.54, 1.807) is 0 Å². The van der Waals surface area contributed by atoms with Crippen LogP contribution in [0.15, 0.2) is 0 Å². The van der Waals surface area contributed by atoms with Crippen LogP contribution in [0.3, 0.4) is 0 Å². The molecule has 1 aliphatic heterocycles. The Morgan fingerprint density at radius 3 is 2.62 bits per heavy atom. The summed E-state index contributed by atoms with van der Waals surface area (Å²) in [5.41, 5.74) is 0. The summed E-state index contributed by atoms with van der Waals surface area (Å²) in [6, 6.07) is -0.228. The predicted octanol–water partition coefficient (Wildman–Crippen LogP) is 2.18. The van der Waals surface area contributed by atoms with Gasteiger partial charge in [0.1, 0.15) is 12.1 Å². The number of piperazine rings is 1. The lowest BCUT2D eigenvalue weighted by molar-refractivity contribution is -0.153. The third-order valence-electron chi connectivity index (χ3n) is 5.26. The van der Waals surface area contributed by atoms with Crippen LogP contribution >= 0.6 is 11.8 Å². The third kappa shape index (κ3) is 2.94. The molecule has 1 saturated heterocycles. The number of thioether (sulfide) groups is 1. The molecule has 5 heteroatoms. The number of carbonyl (C=O) groups excluding carboxylic acids is 2. The maximum Gasteiger partial charge on any atom is 0.246 e. The first-order valence-electron chi connectivity index (χ1n) is 8.31. The molecule has 3 fully saturated rings. The lowest BCUT2D eigenvalue weighted by atomic mass is 9.90. The highest BCUT2D eigenvalue weighted by Crippen LogP contribution is 2.38. The molecule has 4 unspecified atom stereocenters. The summed E-state index contributed by atoms with van der Waals surface area (Å²) in [5, 5.41) is 3.63. The average Bonchev–Trinajstić information content (AvgIpc) is 3.33. The van der Waals surface area contributed by atoms with Crippen molar-refractivity contribution in [2.45, 2.75) is 75.2 Å². The molecule has 0 spiro atoms. The zero-order valence-electron chi connectivity index (χ0n) is 13.0. The van der Waals surface area contributed by atoms with Crippen LogP contribution in [-0.2, 0) is 9.59 Å². The van der Waals surface area contributed by atoms with Crippen molar-refractivity contribution >= 4 is 23.6 Å². The van der Waals surface area contributed by atoms with Gasteiger partial charge in [-0.3, -0.25) is 9.59 Å². The maximum atomic E-state index is 12.9. The summed E-state index contributed by atoms with van der Waals surface area (Å²) >= 11 is 1.91. The predicted molar refractivity (Wildman–Crippen MR) is 85.1 cm³/mol. The van der Waals surface area contributed by atoms with E-state index in [1.807, 2.05) is 23.6 Å². The van der Waals surface area contributed by atoms with E-state index in [0.717, 1.165) is 32.1 Å². The Labute approximate surface area is 131 Å². The topological polar surface area (TPSA) is 49.4 Å². The van der Waals surface area contributed by atoms with Gasteiger partial charge in [-0.05, 0) is 50.7 Å². The Hall–Kier alpha value is -0.710. The molecule has 4 atom stereocenters. The van der Waals surface area contributed by atoms with Crippen molar-refractivity contribution in [1.29, 1.82) is 0 Å². The largest absolute Gasteiger partial charge is 0.342 e. The van der Waals surface area contributed by atoms with Crippen molar-refractivity contribution in [2.24, 2.45) is 5.92 Å². The molecular weight excluding hydrogens is 284 g/mol. The highest BCUT2D eigenvalue weighted by molar-refractivity contribution is 7.99. The van der Waals surface area contributed by atoms with Crippen molar-refractivity contribution in [2.75, 3.05) is 6.26 Å². The van der Waals surface area contributed by atoms with Crippen LogP contribution in [0.4, 0.5) is 0 Å². The van der Waals surface area contributed by atoms with Gasteiger partial charge in [0.15, 0.2) is 0 Å². The molecule has 0 bridgehead atoms. The first kappa shape index (κ1) is 15.2. The normalized spacial score (nSPS) is 37.5. The van der Waals surface area contributed by atoms with Gasteiger partial charge in [0.25, 0.3) is 0 Å². The third-order valence-corrected chi connectivity index (χ3v) is 6.36. The smallest absolute Gasteiger partial charge is 0.246 e. The molecule has 0 aromatic heterocycles. The highest BCUT2D eigenvalue weighted by Gasteiger charge is 2.48. The fourth-order valence-electron chi connectivity index (χ4n) is 3.90. The molecule has 1 heterocycles. The molecule has 21 heavy (non-hydrogen) atoms. The number of nitrogens with one attached hydrogen (secondary N) is 1. The van der Waals surface area contributed by atoms with E-state index in [2.05, 4.69) is 11.6 Å². The Kier molecular flexibility index (Phi) is 4.48. The summed E-state index contributed by atoms with van der Waals surface area (Å²) in [6.45, 7) is 2.01. The van der Waals surface area contributed by atoms with E-state index in [-0.39, 0.29) is 29.9 Å². The average molecular weight is 310 g/mol. The summed E-state index contributed by atoms with van der Waals surface area (Å²) < 4.78 is 0. The Morgan fingerprint density at radius 2 is 2.00 bits per heavy atom. The van der Waals surface area contributed by atoms with E-state index in [1.165, 1.54) is 12.8 Å². The lowest BCUT2D eigenvalue weighted by Crippen LogP contribution is -2.66. The molecule has 0 aromatic rings. The van der Waals surface area contributed by atoms with E-state index in [0.29, 0.717) is 11.2 Å². The van der Waals surface area contributed by atoms with Gasteiger partial charge in [-0.15, -0.1) is 0 Å². The van der Waals surface area contributed by atoms with Crippen molar-refractivity contribution in [1.82, 2.24) is 10.2 Å². The van der Waals surface area contributed by atoms with E-state index >= 15 is 0 Å². The number of carbonyl (C=O) groups is 2. The standard InChI is InChI=1S/C16H26N2O2S/c1-3-13-15(19)17-14(10-7-8-10)16(20)18(13)11-5-4-6-12(9-11)21-2/h10-14H,3-9H2,1-2H3,(H,17,19). The van der Waals surface area contributed by atoms with Crippen molar-refractivity contribution in [3.05, 3.63) is 0 Å². The van der Waals surface area contributed by atoms with Crippen molar-refractivity contribution in [3.8, 4) is 0 Å². The van der Waals surface area contributed by atoms with Crippen molar-refractivity contribution in [3.63, 3.8) is 0 Å². The molecular formula is C16H26N2O2S. The molecule has 3 aliphatic rings. The molecule has 2 amide bonds. The van der Waals surface area contributed by atoms with Crippen LogP contribution in [0.25, 0.3) is 0 Å². The quantitative estimate of drug-likeness (QED) is 0.866. The van der Waals surface area contributed by atoms with E-state index in [4.69, 9.17) is 0 Å². The Balaban J connectivity index is 1.80. The minimum absolute atomic E-state index is 0.0697. The second-order valence-electron chi connectivity index (χ2n) is 6.67. The van der Waals surface area contributed by atoms with Crippen LogP contribution in [-0.4, -0.2) is 46.3 Å². The number of nitrogens with zero attached hydrogens (tertiary/aromatic N) is 1. The summed E-state index contributed by atoms with van der Waals surface area (Å²) in [6.07, 6.45) is 9.56. The van der Waals surface area contributed by atoms with E-state index < -0.39 is 0 Å². The first-order chi connectivity index (χ1) is 10.2. The molecule has 2 saturated carbocycles. The zero-order valence-corrected chi connectivity index (χ0v) is 13.8. The van der Waals surface area contributed by atoms with Crippen LogP contribution in [0.2, 0.25) is 0 Å². The van der Waals surface area contributed by atoms with Crippen LogP contribution in [0.5, 0.6) is 0 Å². The second-order valence-corrected chi connectivity index (χ2v) is 7.81. The fraction of sp³-hybridized carbons (Fsp3) is 0.875. The molecule has 3 rings (SSSR count). The lowest BCUT2D eigenvalue weighted by Gasteiger charge is -2.45. The van der Waals surface area contributed by atoms with Crippen molar-refractivity contribution < 1.29 is 9.59 Å². The number of hydrogen-bond donors (Lipinski definition) is 1. The Bertz CT molecular complexity index is 425. The minimum Gasteiger partial charge on any atom is -0.342 e. The van der Waals surface area contributed by atoms with Crippen LogP contribution < -0.4 is 5.32 Å². The van der Waals surface area contributed by atoms with Gasteiger partial charge in [-0.25, -0.2) is 0 Å². The highest BCUT2D eigenvalue weighted by atomic mass is 32.2. The van der Waals surface area contributed by atoms with E-state index in [9.17, 15) is 9.59 Å². The Morgan fingerprint density at radius 1 is 1.24 bits per heavy atom. The first-order valence-corrected chi connectivity index (χ1v) is 9.59. The van der Waals surface area contributed by atoms with Gasteiger partial charge < -0.3 is 10.2 Å². The number of rotatable bonds is 4.